The van der Waals surface area contributed by atoms with E-state index in [1.807, 2.05) is 0 Å². The average molecular weight is 262 g/mol. The van der Waals surface area contributed by atoms with Gasteiger partial charge >= 0.3 is 12.1 Å². The van der Waals surface area contributed by atoms with Crippen molar-refractivity contribution in [2.75, 3.05) is 12.8 Å². The van der Waals surface area contributed by atoms with E-state index in [-0.39, 0.29) is 17.7 Å². The zero-order chi connectivity index (χ0) is 13.9. The van der Waals surface area contributed by atoms with Gasteiger partial charge in [-0.05, 0) is 30.2 Å². The van der Waals surface area contributed by atoms with Gasteiger partial charge in [0, 0.05) is 5.69 Å². The number of benzene rings is 1. The van der Waals surface area contributed by atoms with Crippen LogP contribution < -0.4 is 11.5 Å². The van der Waals surface area contributed by atoms with Crippen LogP contribution in [-0.2, 0) is 22.1 Å². The summed E-state index contributed by atoms with van der Waals surface area (Å²) in [6, 6.07) is 2.07. The molecule has 4 N–H and O–H groups in total. The number of carbonyl (C=O) groups is 1. The Labute approximate surface area is 102 Å². The highest BCUT2D eigenvalue weighted by atomic mass is 19.4. The Morgan fingerprint density at radius 1 is 1.39 bits per heavy atom. The minimum absolute atomic E-state index is 0.0307. The molecule has 0 aliphatic heterocycles. The Morgan fingerprint density at radius 2 is 2.00 bits per heavy atom. The number of ether oxygens (including phenoxy) is 1. The van der Waals surface area contributed by atoms with Crippen molar-refractivity contribution in [2.24, 2.45) is 5.73 Å². The predicted octanol–water partition coefficient (Wildman–Crippen LogP) is 1.33. The molecule has 0 radical (unpaired) electrons. The van der Waals surface area contributed by atoms with E-state index in [1.165, 1.54) is 6.07 Å². The van der Waals surface area contributed by atoms with Crippen molar-refractivity contribution in [3.63, 3.8) is 0 Å². The van der Waals surface area contributed by atoms with Gasteiger partial charge in [-0.2, -0.15) is 13.2 Å². The SMILES string of the molecule is COC(=O)[C@H](N)Cc1cc(N)cc(C(F)(F)F)c1. The molecule has 0 bridgehead atoms. The summed E-state index contributed by atoms with van der Waals surface area (Å²) in [4.78, 5) is 11.1. The van der Waals surface area contributed by atoms with E-state index in [4.69, 9.17) is 11.5 Å². The van der Waals surface area contributed by atoms with Crippen LogP contribution in [0.25, 0.3) is 0 Å². The van der Waals surface area contributed by atoms with Crippen molar-refractivity contribution in [3.8, 4) is 0 Å². The van der Waals surface area contributed by atoms with Crippen molar-refractivity contribution in [2.45, 2.75) is 18.6 Å². The summed E-state index contributed by atoms with van der Waals surface area (Å²) in [7, 11) is 1.16. The maximum atomic E-state index is 12.5. The molecule has 0 fully saturated rings. The standard InChI is InChI=1S/C11H13F3N2O2/c1-18-10(17)9(16)4-6-2-7(11(12,13)14)5-8(15)3-6/h2-3,5,9H,4,15-16H2,1H3/t9-/m1/s1. The highest BCUT2D eigenvalue weighted by molar-refractivity contribution is 5.75. The monoisotopic (exact) mass is 262 g/mol. The summed E-state index contributed by atoms with van der Waals surface area (Å²) in [6.45, 7) is 0. The minimum Gasteiger partial charge on any atom is -0.468 e. The van der Waals surface area contributed by atoms with Crippen LogP contribution in [0, 0.1) is 0 Å². The summed E-state index contributed by atoms with van der Waals surface area (Å²) in [5.41, 5.74) is 10.2. The molecule has 0 aliphatic carbocycles. The lowest BCUT2D eigenvalue weighted by Crippen LogP contribution is -2.33. The van der Waals surface area contributed by atoms with Gasteiger partial charge in [-0.3, -0.25) is 4.79 Å². The van der Waals surface area contributed by atoms with Crippen molar-refractivity contribution >= 4 is 11.7 Å². The van der Waals surface area contributed by atoms with Crippen LogP contribution in [0.4, 0.5) is 18.9 Å². The first-order valence-corrected chi connectivity index (χ1v) is 5.04. The molecule has 18 heavy (non-hydrogen) atoms. The molecule has 1 aromatic carbocycles. The van der Waals surface area contributed by atoms with Crippen molar-refractivity contribution in [1.82, 2.24) is 0 Å². The van der Waals surface area contributed by atoms with Gasteiger partial charge in [0.2, 0.25) is 0 Å². The van der Waals surface area contributed by atoms with Gasteiger partial charge in [0.1, 0.15) is 6.04 Å². The number of rotatable bonds is 3. The van der Waals surface area contributed by atoms with Gasteiger partial charge in [-0.15, -0.1) is 0 Å². The number of halogens is 3. The number of nitrogens with two attached hydrogens (primary N) is 2. The average Bonchev–Trinajstić information content (AvgIpc) is 2.25. The maximum Gasteiger partial charge on any atom is 0.416 e. The second-order valence-electron chi connectivity index (χ2n) is 3.79. The Morgan fingerprint density at radius 3 is 2.50 bits per heavy atom. The van der Waals surface area contributed by atoms with Gasteiger partial charge in [0.25, 0.3) is 0 Å². The Kier molecular flexibility index (Phi) is 4.18. The molecular weight excluding hydrogens is 249 g/mol. The molecule has 0 spiro atoms. The van der Waals surface area contributed by atoms with E-state index in [0.717, 1.165) is 19.2 Å². The van der Waals surface area contributed by atoms with Crippen LogP contribution in [-0.4, -0.2) is 19.1 Å². The van der Waals surface area contributed by atoms with Gasteiger partial charge in [0.05, 0.1) is 12.7 Å². The molecule has 0 aliphatic rings. The fourth-order valence-electron chi connectivity index (χ4n) is 1.49. The second-order valence-corrected chi connectivity index (χ2v) is 3.79. The number of alkyl halides is 3. The molecule has 0 unspecified atom stereocenters. The molecule has 0 amide bonds. The smallest absolute Gasteiger partial charge is 0.416 e. The van der Waals surface area contributed by atoms with Crippen molar-refractivity contribution in [3.05, 3.63) is 29.3 Å². The van der Waals surface area contributed by atoms with Gasteiger partial charge in [-0.1, -0.05) is 0 Å². The Balaban J connectivity index is 2.97. The van der Waals surface area contributed by atoms with Gasteiger partial charge in [-0.25, -0.2) is 0 Å². The number of esters is 1. The molecule has 0 heterocycles. The second kappa shape index (κ2) is 5.26. The number of hydrogen-bond acceptors (Lipinski definition) is 4. The van der Waals surface area contributed by atoms with Gasteiger partial charge in [0.15, 0.2) is 0 Å². The minimum atomic E-state index is -4.49. The summed E-state index contributed by atoms with van der Waals surface area (Å²) >= 11 is 0. The Hall–Kier alpha value is -1.76. The first kappa shape index (κ1) is 14.3. The van der Waals surface area contributed by atoms with Crippen LogP contribution in [0.3, 0.4) is 0 Å². The molecule has 0 saturated carbocycles. The molecule has 100 valence electrons. The van der Waals surface area contributed by atoms with E-state index in [1.54, 1.807) is 0 Å². The number of anilines is 1. The zero-order valence-corrected chi connectivity index (χ0v) is 9.62. The first-order chi connectivity index (χ1) is 8.24. The van der Waals surface area contributed by atoms with E-state index in [9.17, 15) is 18.0 Å². The van der Waals surface area contributed by atoms with Gasteiger partial charge < -0.3 is 16.2 Å². The predicted molar refractivity (Wildman–Crippen MR) is 59.6 cm³/mol. The summed E-state index contributed by atoms with van der Waals surface area (Å²) in [5, 5.41) is 0. The van der Waals surface area contributed by atoms with Crippen LogP contribution in [0.15, 0.2) is 18.2 Å². The molecular formula is C11H13F3N2O2. The van der Waals surface area contributed by atoms with E-state index >= 15 is 0 Å². The molecule has 4 nitrogen and oxygen atoms in total. The first-order valence-electron chi connectivity index (χ1n) is 5.04. The highest BCUT2D eigenvalue weighted by Crippen LogP contribution is 2.31. The molecule has 0 aromatic heterocycles. The quantitative estimate of drug-likeness (QED) is 0.636. The molecule has 1 aromatic rings. The highest BCUT2D eigenvalue weighted by Gasteiger charge is 2.31. The fourth-order valence-corrected chi connectivity index (χ4v) is 1.49. The lowest BCUT2D eigenvalue weighted by atomic mass is 10.0. The van der Waals surface area contributed by atoms with Crippen molar-refractivity contribution < 1.29 is 22.7 Å². The van der Waals surface area contributed by atoms with E-state index < -0.39 is 23.8 Å². The van der Waals surface area contributed by atoms with Crippen molar-refractivity contribution in [1.29, 1.82) is 0 Å². The number of methoxy groups -OCH3 is 1. The van der Waals surface area contributed by atoms with E-state index in [2.05, 4.69) is 4.74 Å². The van der Waals surface area contributed by atoms with Crippen LogP contribution in [0.2, 0.25) is 0 Å². The third-order valence-electron chi connectivity index (χ3n) is 2.30. The lowest BCUT2D eigenvalue weighted by molar-refractivity contribution is -0.142. The number of hydrogen-bond donors (Lipinski definition) is 2. The third-order valence-corrected chi connectivity index (χ3v) is 2.30. The third kappa shape index (κ3) is 3.63. The van der Waals surface area contributed by atoms with E-state index in [0.29, 0.717) is 0 Å². The Bertz CT molecular complexity index is 446. The fraction of sp³-hybridized carbons (Fsp3) is 0.364. The number of carbonyl (C=O) groups excluding carboxylic acids is 1. The number of nitrogen functional groups attached to an aromatic ring is 1. The molecule has 7 heteroatoms. The summed E-state index contributed by atoms with van der Waals surface area (Å²) in [6.07, 6.45) is -4.56. The molecule has 1 rings (SSSR count). The normalized spacial score (nSPS) is 13.2. The topological polar surface area (TPSA) is 78.3 Å². The lowest BCUT2D eigenvalue weighted by Gasteiger charge is -2.13. The summed E-state index contributed by atoms with van der Waals surface area (Å²) in [5.74, 6) is -0.689. The molecule has 0 saturated heterocycles. The largest absolute Gasteiger partial charge is 0.468 e. The van der Waals surface area contributed by atoms with Crippen LogP contribution >= 0.6 is 0 Å². The van der Waals surface area contributed by atoms with Crippen LogP contribution in [0.5, 0.6) is 0 Å². The maximum absolute atomic E-state index is 12.5. The summed E-state index contributed by atoms with van der Waals surface area (Å²) < 4.78 is 42.0. The zero-order valence-electron chi connectivity index (χ0n) is 9.62. The molecule has 1 atom stereocenters. The van der Waals surface area contributed by atoms with Crippen LogP contribution in [0.1, 0.15) is 11.1 Å².